The maximum atomic E-state index is 12.2. The maximum Gasteiger partial charge on any atom is 0.337 e. The molecule has 0 aliphatic carbocycles. The van der Waals surface area contributed by atoms with E-state index >= 15 is 0 Å². The second kappa shape index (κ2) is 6.60. The van der Waals surface area contributed by atoms with Crippen LogP contribution in [0.15, 0.2) is 23.1 Å². The molecule has 2 aromatic heterocycles. The maximum absolute atomic E-state index is 12.2. The van der Waals surface area contributed by atoms with Crippen LogP contribution in [-0.2, 0) is 12.1 Å². The number of nitrogens with zero attached hydrogens (tertiary/aromatic N) is 3. The van der Waals surface area contributed by atoms with Gasteiger partial charge >= 0.3 is 5.97 Å². The fraction of sp³-hybridized carbons (Fsp3) is 0.375. The van der Waals surface area contributed by atoms with Crippen LogP contribution in [0.2, 0.25) is 5.02 Å². The largest absolute Gasteiger partial charge is 0.484 e. The Morgan fingerprint density at radius 1 is 1.38 bits per heavy atom. The molecule has 1 N–H and O–H groups in total. The summed E-state index contributed by atoms with van der Waals surface area (Å²) in [6.07, 6.45) is 1.38. The highest BCUT2D eigenvalue weighted by Gasteiger charge is 2.20. The number of hydrogen-bond acceptors (Lipinski definition) is 5. The monoisotopic (exact) mass is 351 g/mol. The van der Waals surface area contributed by atoms with Crippen LogP contribution in [0.1, 0.15) is 42.5 Å². The first-order valence-corrected chi connectivity index (χ1v) is 7.60. The number of pyridine rings is 1. The topological polar surface area (TPSA) is 94.3 Å². The molecule has 24 heavy (non-hydrogen) atoms. The lowest BCUT2D eigenvalue weighted by Gasteiger charge is -2.21. The average Bonchev–Trinajstić information content (AvgIpc) is 2.47. The number of ether oxygens (including phenoxy) is 1. The number of aromatic nitrogens is 3. The summed E-state index contributed by atoms with van der Waals surface area (Å²) in [5, 5.41) is 13.0. The average molecular weight is 352 g/mol. The summed E-state index contributed by atoms with van der Waals surface area (Å²) < 4.78 is 6.79. The molecule has 128 valence electrons. The van der Waals surface area contributed by atoms with Crippen molar-refractivity contribution in [3.63, 3.8) is 0 Å². The van der Waals surface area contributed by atoms with E-state index in [1.54, 1.807) is 13.0 Å². The Hall–Kier alpha value is -2.41. The Labute approximate surface area is 143 Å². The molecule has 0 bridgehead atoms. The molecule has 0 unspecified atom stereocenters. The second-order valence-corrected chi connectivity index (χ2v) is 6.62. The lowest BCUT2D eigenvalue weighted by molar-refractivity contribution is 0.0695. The van der Waals surface area contributed by atoms with Crippen molar-refractivity contribution in [1.82, 2.24) is 14.8 Å². The zero-order valence-electron chi connectivity index (χ0n) is 13.8. The number of aryl methyl sites for hydroxylation is 1. The van der Waals surface area contributed by atoms with Gasteiger partial charge in [-0.15, -0.1) is 0 Å². The molecule has 2 aromatic rings. The first kappa shape index (κ1) is 17.9. The minimum atomic E-state index is -1.04. The molecule has 8 heteroatoms. The van der Waals surface area contributed by atoms with Crippen LogP contribution in [0, 0.1) is 6.92 Å². The molecular formula is C16H18ClN3O4. The van der Waals surface area contributed by atoms with Crippen molar-refractivity contribution in [2.45, 2.75) is 39.8 Å². The van der Waals surface area contributed by atoms with Crippen LogP contribution in [-0.4, -0.2) is 25.8 Å². The molecule has 0 atom stereocenters. The van der Waals surface area contributed by atoms with Crippen LogP contribution in [0.3, 0.4) is 0 Å². The van der Waals surface area contributed by atoms with Gasteiger partial charge in [0.05, 0.1) is 28.7 Å². The predicted molar refractivity (Wildman–Crippen MR) is 88.8 cm³/mol. The van der Waals surface area contributed by atoms with E-state index < -0.39 is 17.1 Å². The predicted octanol–water partition coefficient (Wildman–Crippen LogP) is 2.63. The molecule has 0 fully saturated rings. The molecule has 0 spiro atoms. The summed E-state index contributed by atoms with van der Waals surface area (Å²) in [5.41, 5.74) is 0.104. The van der Waals surface area contributed by atoms with E-state index in [-0.39, 0.29) is 22.9 Å². The van der Waals surface area contributed by atoms with E-state index in [9.17, 15) is 9.59 Å². The molecule has 7 nitrogen and oxygen atoms in total. The fourth-order valence-electron chi connectivity index (χ4n) is 2.07. The number of rotatable bonds is 4. The number of carbonyl (C=O) groups is 1. The van der Waals surface area contributed by atoms with Crippen molar-refractivity contribution < 1.29 is 14.6 Å². The Kier molecular flexibility index (Phi) is 4.94. The lowest BCUT2D eigenvalue weighted by atomic mass is 10.1. The molecule has 0 aromatic carbocycles. The van der Waals surface area contributed by atoms with E-state index in [0.717, 1.165) is 0 Å². The van der Waals surface area contributed by atoms with Crippen LogP contribution in [0.5, 0.6) is 5.75 Å². The van der Waals surface area contributed by atoms with Gasteiger partial charge in [0.1, 0.15) is 6.61 Å². The molecule has 0 saturated heterocycles. The summed E-state index contributed by atoms with van der Waals surface area (Å²) >= 11 is 6.07. The number of carboxylic acids is 1. The quantitative estimate of drug-likeness (QED) is 0.909. The van der Waals surface area contributed by atoms with E-state index in [4.69, 9.17) is 21.4 Å². The lowest BCUT2D eigenvalue weighted by Crippen LogP contribution is -2.36. The van der Waals surface area contributed by atoms with Crippen molar-refractivity contribution >= 4 is 17.6 Å². The molecule has 2 rings (SSSR count). The Balaban J connectivity index is 2.21. The second-order valence-electron chi connectivity index (χ2n) is 6.24. The van der Waals surface area contributed by atoms with Gasteiger partial charge in [0.2, 0.25) is 0 Å². The molecule has 0 amide bonds. The third kappa shape index (κ3) is 3.73. The van der Waals surface area contributed by atoms with Crippen LogP contribution < -0.4 is 10.3 Å². The zero-order chi connectivity index (χ0) is 18.1. The van der Waals surface area contributed by atoms with Gasteiger partial charge in [-0.1, -0.05) is 11.6 Å². The summed E-state index contributed by atoms with van der Waals surface area (Å²) in [6.45, 7) is 7.17. The minimum absolute atomic E-state index is 0.0428. The van der Waals surface area contributed by atoms with Crippen molar-refractivity contribution in [1.29, 1.82) is 0 Å². The van der Waals surface area contributed by atoms with Gasteiger partial charge < -0.3 is 9.84 Å². The van der Waals surface area contributed by atoms with Gasteiger partial charge in [0.15, 0.2) is 10.8 Å². The van der Waals surface area contributed by atoms with Crippen molar-refractivity contribution in [2.75, 3.05) is 0 Å². The highest BCUT2D eigenvalue weighted by atomic mass is 35.5. The van der Waals surface area contributed by atoms with E-state index in [2.05, 4.69) is 10.1 Å². The van der Waals surface area contributed by atoms with E-state index in [0.29, 0.717) is 11.4 Å². The van der Waals surface area contributed by atoms with E-state index in [1.165, 1.54) is 16.9 Å². The number of hydrogen-bond donors (Lipinski definition) is 1. The molecular weight excluding hydrogens is 334 g/mol. The summed E-state index contributed by atoms with van der Waals surface area (Å²) in [6, 6.07) is 3.01. The van der Waals surface area contributed by atoms with Crippen LogP contribution in [0.4, 0.5) is 0 Å². The van der Waals surface area contributed by atoms with Gasteiger partial charge in [0, 0.05) is 0 Å². The number of halogens is 1. The third-order valence-electron chi connectivity index (χ3n) is 3.27. The Morgan fingerprint density at radius 3 is 2.58 bits per heavy atom. The highest BCUT2D eigenvalue weighted by Crippen LogP contribution is 2.21. The first-order chi connectivity index (χ1) is 11.1. The van der Waals surface area contributed by atoms with Gasteiger partial charge in [-0.2, -0.15) is 5.10 Å². The third-order valence-corrected chi connectivity index (χ3v) is 3.62. The first-order valence-electron chi connectivity index (χ1n) is 7.22. The van der Waals surface area contributed by atoms with Crippen molar-refractivity contribution in [3.05, 3.63) is 50.7 Å². The Morgan fingerprint density at radius 2 is 2.04 bits per heavy atom. The molecule has 0 aliphatic heterocycles. The van der Waals surface area contributed by atoms with Crippen LogP contribution >= 0.6 is 11.6 Å². The summed E-state index contributed by atoms with van der Waals surface area (Å²) in [4.78, 5) is 27.4. The van der Waals surface area contributed by atoms with Crippen molar-refractivity contribution in [2.24, 2.45) is 0 Å². The van der Waals surface area contributed by atoms with Gasteiger partial charge in [0.25, 0.3) is 5.56 Å². The Bertz CT molecular complexity index is 840. The molecule has 0 radical (unpaired) electrons. The molecule has 2 heterocycles. The summed E-state index contributed by atoms with van der Waals surface area (Å²) in [7, 11) is 0. The van der Waals surface area contributed by atoms with Gasteiger partial charge in [-0.05, 0) is 39.8 Å². The highest BCUT2D eigenvalue weighted by molar-refractivity contribution is 6.31. The van der Waals surface area contributed by atoms with E-state index in [1.807, 2.05) is 20.8 Å². The molecule has 0 saturated carbocycles. The SMILES string of the molecule is Cc1nc(COc2cnn(C(C)(C)C)c(=O)c2Cl)ccc1C(=O)O. The normalized spacial score (nSPS) is 11.4. The fourth-order valence-corrected chi connectivity index (χ4v) is 2.25. The molecule has 0 aliphatic rings. The number of aromatic carboxylic acids is 1. The van der Waals surface area contributed by atoms with Crippen LogP contribution in [0.25, 0.3) is 0 Å². The standard InChI is InChI=1S/C16H18ClN3O4/c1-9-11(15(22)23)6-5-10(19-9)8-24-12-7-18-20(16(2,3)4)14(21)13(12)17/h5-7H,8H2,1-4H3,(H,22,23). The smallest absolute Gasteiger partial charge is 0.337 e. The minimum Gasteiger partial charge on any atom is -0.484 e. The van der Waals surface area contributed by atoms with Crippen molar-refractivity contribution in [3.8, 4) is 5.75 Å². The summed E-state index contributed by atoms with van der Waals surface area (Å²) in [5.74, 6) is -0.880. The van der Waals surface area contributed by atoms with Gasteiger partial charge in [-0.3, -0.25) is 9.78 Å². The number of carboxylic acid groups (broad SMARTS) is 1. The van der Waals surface area contributed by atoms with Gasteiger partial charge in [-0.25, -0.2) is 9.48 Å². The zero-order valence-corrected chi connectivity index (χ0v) is 14.6.